The Hall–Kier alpha value is -1.15. The molecular formula is C14H22N2O5S. The Labute approximate surface area is 130 Å². The lowest BCUT2D eigenvalue weighted by Crippen LogP contribution is -2.42. The van der Waals surface area contributed by atoms with Crippen LogP contribution < -0.4 is 0 Å². The molecule has 0 aromatic carbocycles. The van der Waals surface area contributed by atoms with Crippen molar-refractivity contribution in [2.45, 2.75) is 44.6 Å². The minimum absolute atomic E-state index is 0.193. The molecule has 3 rings (SSSR count). The molecule has 0 aromatic rings. The second-order valence-electron chi connectivity index (χ2n) is 6.40. The zero-order valence-electron chi connectivity index (χ0n) is 12.6. The summed E-state index contributed by atoms with van der Waals surface area (Å²) in [5.41, 5.74) is 0. The van der Waals surface area contributed by atoms with Crippen molar-refractivity contribution in [3.63, 3.8) is 0 Å². The predicted octanol–water partition coefficient (Wildman–Crippen LogP) is 0.950. The van der Waals surface area contributed by atoms with E-state index in [0.29, 0.717) is 13.0 Å². The van der Waals surface area contributed by atoms with Gasteiger partial charge in [0.2, 0.25) is 10.0 Å². The molecule has 1 aliphatic carbocycles. The van der Waals surface area contributed by atoms with Gasteiger partial charge in [0.15, 0.2) is 6.61 Å². The van der Waals surface area contributed by atoms with Gasteiger partial charge in [0.1, 0.15) is 0 Å². The first-order valence-electron chi connectivity index (χ1n) is 7.94. The topological polar surface area (TPSA) is 84.0 Å². The van der Waals surface area contributed by atoms with E-state index in [2.05, 4.69) is 0 Å². The number of hydrogen-bond acceptors (Lipinski definition) is 5. The Morgan fingerprint density at radius 2 is 1.82 bits per heavy atom. The van der Waals surface area contributed by atoms with Gasteiger partial charge in [0, 0.05) is 13.1 Å². The fourth-order valence-corrected chi connectivity index (χ4v) is 5.57. The molecule has 0 radical (unpaired) electrons. The van der Waals surface area contributed by atoms with Crippen LogP contribution in [0.4, 0.5) is 4.79 Å². The molecule has 3 fully saturated rings. The van der Waals surface area contributed by atoms with Crippen LogP contribution in [0.3, 0.4) is 0 Å². The molecule has 0 bridgehead atoms. The number of ether oxygens (including phenoxy) is 1. The van der Waals surface area contributed by atoms with E-state index in [4.69, 9.17) is 4.74 Å². The second kappa shape index (κ2) is 6.16. The number of carbonyl (C=O) groups excluding carboxylic acids is 2. The Kier molecular flexibility index (Phi) is 4.40. The van der Waals surface area contributed by atoms with Crippen LogP contribution in [-0.4, -0.2) is 61.1 Å². The van der Waals surface area contributed by atoms with Crippen molar-refractivity contribution in [2.24, 2.45) is 5.92 Å². The van der Waals surface area contributed by atoms with Crippen molar-refractivity contribution in [1.82, 2.24) is 9.21 Å². The maximum absolute atomic E-state index is 12.5. The van der Waals surface area contributed by atoms with Gasteiger partial charge in [-0.15, -0.1) is 0 Å². The van der Waals surface area contributed by atoms with Crippen molar-refractivity contribution in [3.8, 4) is 0 Å². The highest BCUT2D eigenvalue weighted by Crippen LogP contribution is 2.28. The molecule has 124 valence electrons. The lowest BCUT2D eigenvalue weighted by atomic mass is 9.91. The summed E-state index contributed by atoms with van der Waals surface area (Å²) < 4.78 is 31.2. The Morgan fingerprint density at radius 1 is 1.09 bits per heavy atom. The second-order valence-corrected chi connectivity index (χ2v) is 8.41. The zero-order chi connectivity index (χ0) is 15.7. The van der Waals surface area contributed by atoms with Crippen molar-refractivity contribution in [2.75, 3.05) is 25.4 Å². The molecule has 1 atom stereocenters. The van der Waals surface area contributed by atoms with Crippen LogP contribution in [0.15, 0.2) is 0 Å². The highest BCUT2D eigenvalue weighted by Gasteiger charge is 2.43. The van der Waals surface area contributed by atoms with E-state index in [-0.39, 0.29) is 36.8 Å². The summed E-state index contributed by atoms with van der Waals surface area (Å²) >= 11 is 0. The van der Waals surface area contributed by atoms with E-state index in [0.717, 1.165) is 30.6 Å². The van der Waals surface area contributed by atoms with Crippen LogP contribution in [0.2, 0.25) is 0 Å². The van der Waals surface area contributed by atoms with Crippen LogP contribution in [0.25, 0.3) is 0 Å². The average molecular weight is 330 g/mol. The average Bonchev–Trinajstić information content (AvgIpc) is 3.07. The lowest BCUT2D eigenvalue weighted by Gasteiger charge is -2.25. The van der Waals surface area contributed by atoms with Gasteiger partial charge in [-0.2, -0.15) is 4.31 Å². The molecular weight excluding hydrogens is 308 g/mol. The first-order valence-corrected chi connectivity index (χ1v) is 9.55. The van der Waals surface area contributed by atoms with Gasteiger partial charge in [0.25, 0.3) is 5.91 Å². The minimum atomic E-state index is -3.31. The quantitative estimate of drug-likeness (QED) is 0.766. The maximum Gasteiger partial charge on any atom is 0.417 e. The third kappa shape index (κ3) is 3.12. The maximum atomic E-state index is 12.5. The van der Waals surface area contributed by atoms with Crippen LogP contribution in [0.5, 0.6) is 0 Å². The Balaban J connectivity index is 1.61. The normalized spacial score (nSPS) is 28.4. The molecule has 22 heavy (non-hydrogen) atoms. The molecule has 0 aromatic heterocycles. The highest BCUT2D eigenvalue weighted by molar-refractivity contribution is 7.89. The van der Waals surface area contributed by atoms with Gasteiger partial charge in [0.05, 0.1) is 11.8 Å². The smallest absolute Gasteiger partial charge is 0.417 e. The Bertz CT molecular complexity index is 540. The van der Waals surface area contributed by atoms with Gasteiger partial charge >= 0.3 is 6.09 Å². The van der Waals surface area contributed by atoms with Crippen molar-refractivity contribution in [1.29, 1.82) is 0 Å². The SMILES string of the molecule is O=C1COC(=O)N1C1CCN(S(=O)(=O)CC2CCCCC2)C1. The number of nitrogens with zero attached hydrogens (tertiary/aromatic N) is 2. The van der Waals surface area contributed by atoms with E-state index in [1.54, 1.807) is 0 Å². The first-order chi connectivity index (χ1) is 10.5. The molecule has 2 amide bonds. The number of sulfonamides is 1. The van der Waals surface area contributed by atoms with E-state index in [1.165, 1.54) is 10.7 Å². The van der Waals surface area contributed by atoms with Gasteiger partial charge in [-0.3, -0.25) is 4.79 Å². The highest BCUT2D eigenvalue weighted by atomic mass is 32.2. The molecule has 0 N–H and O–H groups in total. The molecule has 0 spiro atoms. The van der Waals surface area contributed by atoms with E-state index >= 15 is 0 Å². The summed E-state index contributed by atoms with van der Waals surface area (Å²) in [7, 11) is -3.31. The van der Waals surface area contributed by atoms with Gasteiger partial charge in [-0.05, 0) is 25.2 Å². The van der Waals surface area contributed by atoms with Crippen LogP contribution in [0.1, 0.15) is 38.5 Å². The van der Waals surface area contributed by atoms with Crippen molar-refractivity contribution < 1.29 is 22.7 Å². The number of amides is 2. The number of rotatable bonds is 4. The number of hydrogen-bond donors (Lipinski definition) is 0. The Morgan fingerprint density at radius 3 is 2.45 bits per heavy atom. The monoisotopic (exact) mass is 330 g/mol. The fourth-order valence-electron chi connectivity index (χ4n) is 3.65. The summed E-state index contributed by atoms with van der Waals surface area (Å²) in [6.45, 7) is 0.344. The molecule has 8 heteroatoms. The summed E-state index contributed by atoms with van der Waals surface area (Å²) in [4.78, 5) is 24.3. The zero-order valence-corrected chi connectivity index (χ0v) is 13.4. The molecule has 1 unspecified atom stereocenters. The fraction of sp³-hybridized carbons (Fsp3) is 0.857. The third-order valence-corrected chi connectivity index (χ3v) is 6.85. The lowest BCUT2D eigenvalue weighted by molar-refractivity contribution is -0.127. The molecule has 2 heterocycles. The molecule has 2 aliphatic heterocycles. The van der Waals surface area contributed by atoms with Gasteiger partial charge < -0.3 is 4.74 Å². The van der Waals surface area contributed by atoms with Crippen molar-refractivity contribution >= 4 is 22.0 Å². The van der Waals surface area contributed by atoms with Crippen LogP contribution >= 0.6 is 0 Å². The van der Waals surface area contributed by atoms with E-state index < -0.39 is 16.1 Å². The molecule has 2 saturated heterocycles. The molecule has 1 saturated carbocycles. The standard InChI is InChI=1S/C14H22N2O5S/c17-13-9-21-14(18)16(13)12-6-7-15(8-12)22(19,20)10-11-4-2-1-3-5-11/h11-12H,1-10H2. The number of carbonyl (C=O) groups is 2. The van der Waals surface area contributed by atoms with E-state index in [1.807, 2.05) is 0 Å². The summed E-state index contributed by atoms with van der Waals surface area (Å²) in [5, 5.41) is 0. The summed E-state index contributed by atoms with van der Waals surface area (Å²) in [6, 6.07) is -0.386. The largest absolute Gasteiger partial charge is 0.439 e. The third-order valence-electron chi connectivity index (χ3n) is 4.84. The first kappa shape index (κ1) is 15.7. The van der Waals surface area contributed by atoms with Gasteiger partial charge in [-0.25, -0.2) is 18.1 Å². The number of cyclic esters (lactones) is 1. The van der Waals surface area contributed by atoms with Crippen molar-refractivity contribution in [3.05, 3.63) is 0 Å². The number of imide groups is 1. The molecule has 3 aliphatic rings. The van der Waals surface area contributed by atoms with Gasteiger partial charge in [-0.1, -0.05) is 19.3 Å². The van der Waals surface area contributed by atoms with E-state index in [9.17, 15) is 18.0 Å². The minimum Gasteiger partial charge on any atom is -0.439 e. The summed E-state index contributed by atoms with van der Waals surface area (Å²) in [6.07, 6.45) is 5.21. The van der Waals surface area contributed by atoms with Crippen LogP contribution in [-0.2, 0) is 19.6 Å². The molecule has 7 nitrogen and oxygen atoms in total. The predicted molar refractivity (Wildman–Crippen MR) is 78.5 cm³/mol. The summed E-state index contributed by atoms with van der Waals surface area (Å²) in [5.74, 6) is 0.0655. The van der Waals surface area contributed by atoms with Crippen LogP contribution in [0, 0.1) is 5.92 Å².